The minimum atomic E-state index is -0.227. The number of benzene rings is 1. The van der Waals surface area contributed by atoms with Gasteiger partial charge in [0.25, 0.3) is 0 Å². The topological polar surface area (TPSA) is 34.1 Å². The maximum Gasteiger partial charge on any atom is 0.146 e. The van der Waals surface area contributed by atoms with Crippen LogP contribution >= 0.6 is 15.9 Å². The molecule has 1 atom stereocenters. The van der Waals surface area contributed by atoms with Crippen molar-refractivity contribution >= 4 is 15.9 Å². The number of aryl methyl sites for hydroxylation is 1. The van der Waals surface area contributed by atoms with E-state index in [1.165, 1.54) is 6.07 Å². The summed E-state index contributed by atoms with van der Waals surface area (Å²) < 4.78 is 20.6. The van der Waals surface area contributed by atoms with E-state index in [9.17, 15) is 4.39 Å². The number of nitrogens with one attached hydrogen (secondary N) is 1. The van der Waals surface area contributed by atoms with Gasteiger partial charge in [0.05, 0.1) is 6.20 Å². The molecule has 1 N–H and O–H groups in total. The van der Waals surface area contributed by atoms with E-state index in [0.717, 1.165) is 16.6 Å². The van der Waals surface area contributed by atoms with Gasteiger partial charge in [0.2, 0.25) is 0 Å². The predicted octanol–water partition coefficient (Wildman–Crippen LogP) is 4.75. The SMILES string of the molecule is CCNC(C)c1cc(F)c(C)cc1Oc1cncc(Br)c1. The largest absolute Gasteiger partial charge is 0.455 e. The highest BCUT2D eigenvalue weighted by Gasteiger charge is 2.15. The average molecular weight is 353 g/mol. The molecule has 2 aromatic rings. The Morgan fingerprint density at radius 2 is 2.10 bits per heavy atom. The number of nitrogens with zero attached hydrogens (tertiary/aromatic N) is 1. The van der Waals surface area contributed by atoms with E-state index in [-0.39, 0.29) is 11.9 Å². The summed E-state index contributed by atoms with van der Waals surface area (Å²) in [6, 6.07) is 5.08. The van der Waals surface area contributed by atoms with Crippen LogP contribution in [0.4, 0.5) is 4.39 Å². The molecule has 0 aliphatic carbocycles. The molecule has 112 valence electrons. The van der Waals surface area contributed by atoms with Gasteiger partial charge in [0, 0.05) is 22.3 Å². The van der Waals surface area contributed by atoms with Gasteiger partial charge >= 0.3 is 0 Å². The molecule has 3 nitrogen and oxygen atoms in total. The van der Waals surface area contributed by atoms with Crippen molar-refractivity contribution < 1.29 is 9.13 Å². The fourth-order valence-electron chi connectivity index (χ4n) is 2.09. The third kappa shape index (κ3) is 4.02. The fraction of sp³-hybridized carbons (Fsp3) is 0.312. The van der Waals surface area contributed by atoms with Crippen molar-refractivity contribution in [3.05, 3.63) is 52.0 Å². The second-order valence-corrected chi connectivity index (χ2v) is 5.78. The van der Waals surface area contributed by atoms with Crippen molar-refractivity contribution in [1.29, 1.82) is 0 Å². The first-order chi connectivity index (χ1) is 10.0. The second-order valence-electron chi connectivity index (χ2n) is 4.86. The van der Waals surface area contributed by atoms with Crippen molar-refractivity contribution in [2.75, 3.05) is 6.54 Å². The van der Waals surface area contributed by atoms with Gasteiger partial charge in [-0.05, 0) is 60.1 Å². The maximum atomic E-state index is 13.9. The average Bonchev–Trinajstić information content (AvgIpc) is 2.43. The Morgan fingerprint density at radius 3 is 2.76 bits per heavy atom. The first kappa shape index (κ1) is 15.9. The Bertz CT molecular complexity index is 634. The van der Waals surface area contributed by atoms with E-state index in [0.29, 0.717) is 17.1 Å². The molecule has 2 rings (SSSR count). The van der Waals surface area contributed by atoms with Crippen LogP contribution in [-0.4, -0.2) is 11.5 Å². The van der Waals surface area contributed by atoms with Gasteiger partial charge in [-0.15, -0.1) is 0 Å². The first-order valence-corrected chi connectivity index (χ1v) is 7.62. The zero-order chi connectivity index (χ0) is 15.4. The lowest BCUT2D eigenvalue weighted by Crippen LogP contribution is -2.18. The Balaban J connectivity index is 2.39. The number of ether oxygens (including phenoxy) is 1. The number of rotatable bonds is 5. The van der Waals surface area contributed by atoms with E-state index in [1.807, 2.05) is 19.9 Å². The molecule has 1 aromatic heterocycles. The van der Waals surface area contributed by atoms with Crippen LogP contribution in [0.25, 0.3) is 0 Å². The zero-order valence-corrected chi connectivity index (χ0v) is 13.9. The van der Waals surface area contributed by atoms with Crippen LogP contribution in [0.5, 0.6) is 11.5 Å². The predicted molar refractivity (Wildman–Crippen MR) is 85.2 cm³/mol. The van der Waals surface area contributed by atoms with E-state index in [4.69, 9.17) is 4.74 Å². The molecular weight excluding hydrogens is 335 g/mol. The second kappa shape index (κ2) is 7.00. The van der Waals surface area contributed by atoms with Gasteiger partial charge in [-0.1, -0.05) is 6.92 Å². The van der Waals surface area contributed by atoms with Gasteiger partial charge in [-0.2, -0.15) is 0 Å². The molecule has 0 aliphatic heterocycles. The van der Waals surface area contributed by atoms with Crippen molar-refractivity contribution in [2.24, 2.45) is 0 Å². The van der Waals surface area contributed by atoms with Gasteiger partial charge in [0.1, 0.15) is 17.3 Å². The third-order valence-electron chi connectivity index (χ3n) is 3.18. The van der Waals surface area contributed by atoms with Crippen LogP contribution in [0.1, 0.15) is 31.0 Å². The van der Waals surface area contributed by atoms with Crippen LogP contribution in [0.2, 0.25) is 0 Å². The summed E-state index contributed by atoms with van der Waals surface area (Å²) in [6.45, 7) is 6.52. The lowest BCUT2D eigenvalue weighted by atomic mass is 10.0. The highest BCUT2D eigenvalue weighted by Crippen LogP contribution is 2.32. The minimum Gasteiger partial charge on any atom is -0.455 e. The van der Waals surface area contributed by atoms with Crippen LogP contribution < -0.4 is 10.1 Å². The summed E-state index contributed by atoms with van der Waals surface area (Å²) in [5, 5.41) is 3.27. The van der Waals surface area contributed by atoms with Crippen molar-refractivity contribution in [3.63, 3.8) is 0 Å². The lowest BCUT2D eigenvalue weighted by molar-refractivity contribution is 0.456. The molecular formula is C16H18BrFN2O. The molecule has 0 bridgehead atoms. The standard InChI is InChI=1S/C16H18BrFN2O/c1-4-20-11(3)14-7-15(18)10(2)5-16(14)21-13-6-12(17)8-19-9-13/h5-9,11,20H,4H2,1-3H3. The van der Waals surface area contributed by atoms with Gasteiger partial charge in [-0.3, -0.25) is 4.98 Å². The molecule has 1 unspecified atom stereocenters. The summed E-state index contributed by atoms with van der Waals surface area (Å²) >= 11 is 3.36. The molecule has 0 saturated heterocycles. The maximum absolute atomic E-state index is 13.9. The lowest BCUT2D eigenvalue weighted by Gasteiger charge is -2.18. The van der Waals surface area contributed by atoms with Crippen LogP contribution in [-0.2, 0) is 0 Å². The van der Waals surface area contributed by atoms with E-state index in [2.05, 4.69) is 26.2 Å². The third-order valence-corrected chi connectivity index (χ3v) is 3.61. The van der Waals surface area contributed by atoms with Crippen LogP contribution in [0.3, 0.4) is 0 Å². The molecule has 0 saturated carbocycles. The summed E-state index contributed by atoms with van der Waals surface area (Å²) in [7, 11) is 0. The first-order valence-electron chi connectivity index (χ1n) is 6.83. The number of aromatic nitrogens is 1. The Hall–Kier alpha value is -1.46. The molecule has 21 heavy (non-hydrogen) atoms. The monoisotopic (exact) mass is 352 g/mol. The summed E-state index contributed by atoms with van der Waals surface area (Å²) in [6.07, 6.45) is 3.32. The normalized spacial score (nSPS) is 12.2. The number of hydrogen-bond acceptors (Lipinski definition) is 3. The molecule has 0 amide bonds. The Kier molecular flexibility index (Phi) is 5.31. The molecule has 0 radical (unpaired) electrons. The minimum absolute atomic E-state index is 0.000196. The Labute approximate surface area is 132 Å². The van der Waals surface area contributed by atoms with Gasteiger partial charge in [0.15, 0.2) is 0 Å². The van der Waals surface area contributed by atoms with E-state index < -0.39 is 0 Å². The number of hydrogen-bond donors (Lipinski definition) is 1. The Morgan fingerprint density at radius 1 is 1.33 bits per heavy atom. The highest BCUT2D eigenvalue weighted by atomic mass is 79.9. The van der Waals surface area contributed by atoms with E-state index in [1.54, 1.807) is 25.4 Å². The van der Waals surface area contributed by atoms with Crippen molar-refractivity contribution in [3.8, 4) is 11.5 Å². The van der Waals surface area contributed by atoms with Crippen molar-refractivity contribution in [2.45, 2.75) is 26.8 Å². The number of halogens is 2. The van der Waals surface area contributed by atoms with Crippen LogP contribution in [0.15, 0.2) is 35.1 Å². The van der Waals surface area contributed by atoms with Gasteiger partial charge < -0.3 is 10.1 Å². The zero-order valence-electron chi connectivity index (χ0n) is 12.3. The van der Waals surface area contributed by atoms with Crippen LogP contribution in [0, 0.1) is 12.7 Å². The van der Waals surface area contributed by atoms with E-state index >= 15 is 0 Å². The molecule has 0 fully saturated rings. The van der Waals surface area contributed by atoms with Crippen molar-refractivity contribution in [1.82, 2.24) is 10.3 Å². The highest BCUT2D eigenvalue weighted by molar-refractivity contribution is 9.10. The van der Waals surface area contributed by atoms with Gasteiger partial charge in [-0.25, -0.2) is 4.39 Å². The quantitative estimate of drug-likeness (QED) is 0.842. The summed E-state index contributed by atoms with van der Waals surface area (Å²) in [5.74, 6) is 1.03. The summed E-state index contributed by atoms with van der Waals surface area (Å²) in [4.78, 5) is 4.07. The smallest absolute Gasteiger partial charge is 0.146 e. The molecule has 1 heterocycles. The molecule has 1 aromatic carbocycles. The molecule has 0 aliphatic rings. The fourth-order valence-corrected chi connectivity index (χ4v) is 2.43. The summed E-state index contributed by atoms with van der Waals surface area (Å²) in [5.41, 5.74) is 1.35. The molecule has 0 spiro atoms. The molecule has 5 heteroatoms. The number of pyridine rings is 1.